The summed E-state index contributed by atoms with van der Waals surface area (Å²) in [4.78, 5) is 0. The normalized spacial score (nSPS) is 31.9. The SMILES string of the molecule is CC(CC1CCCCN1)NC1CC1c1ccccc1. The van der Waals surface area contributed by atoms with E-state index in [0.717, 1.165) is 12.0 Å². The average molecular weight is 258 g/mol. The van der Waals surface area contributed by atoms with Crippen molar-refractivity contribution in [1.82, 2.24) is 10.6 Å². The molecule has 104 valence electrons. The summed E-state index contributed by atoms with van der Waals surface area (Å²) in [6, 6.07) is 13.0. The molecule has 1 aromatic rings. The van der Waals surface area contributed by atoms with Gasteiger partial charge in [0.05, 0.1) is 0 Å². The number of piperidine rings is 1. The van der Waals surface area contributed by atoms with Gasteiger partial charge in [0.15, 0.2) is 0 Å². The Balaban J connectivity index is 1.43. The molecule has 3 rings (SSSR count). The van der Waals surface area contributed by atoms with Gasteiger partial charge in [-0.05, 0) is 44.7 Å². The summed E-state index contributed by atoms with van der Waals surface area (Å²) >= 11 is 0. The van der Waals surface area contributed by atoms with Crippen molar-refractivity contribution < 1.29 is 0 Å². The Kier molecular flexibility index (Phi) is 4.19. The van der Waals surface area contributed by atoms with E-state index in [-0.39, 0.29) is 0 Å². The quantitative estimate of drug-likeness (QED) is 0.848. The first-order valence-electron chi connectivity index (χ1n) is 7.87. The van der Waals surface area contributed by atoms with Crippen molar-refractivity contribution in [3.63, 3.8) is 0 Å². The van der Waals surface area contributed by atoms with Crippen molar-refractivity contribution in [2.45, 2.75) is 63.1 Å². The zero-order valence-electron chi connectivity index (χ0n) is 11.9. The van der Waals surface area contributed by atoms with E-state index in [1.54, 1.807) is 0 Å². The number of hydrogen-bond acceptors (Lipinski definition) is 2. The van der Waals surface area contributed by atoms with Crippen LogP contribution in [0.3, 0.4) is 0 Å². The second kappa shape index (κ2) is 6.06. The Bertz CT molecular complexity index is 384. The van der Waals surface area contributed by atoms with Gasteiger partial charge in [-0.2, -0.15) is 0 Å². The predicted octanol–water partition coefficient (Wildman–Crippen LogP) is 3.05. The molecule has 2 nitrogen and oxygen atoms in total. The largest absolute Gasteiger partial charge is 0.314 e. The van der Waals surface area contributed by atoms with Crippen LogP contribution in [0.2, 0.25) is 0 Å². The summed E-state index contributed by atoms with van der Waals surface area (Å²) in [5, 5.41) is 7.46. The number of nitrogens with one attached hydrogen (secondary N) is 2. The second-order valence-corrected chi connectivity index (χ2v) is 6.31. The maximum atomic E-state index is 3.81. The fourth-order valence-electron chi connectivity index (χ4n) is 3.43. The lowest BCUT2D eigenvalue weighted by atomic mass is 9.99. The maximum absolute atomic E-state index is 3.81. The van der Waals surface area contributed by atoms with Crippen LogP contribution in [-0.4, -0.2) is 24.7 Å². The molecule has 4 atom stereocenters. The van der Waals surface area contributed by atoms with Crippen LogP contribution in [0.1, 0.15) is 50.5 Å². The Morgan fingerprint density at radius 1 is 1.26 bits per heavy atom. The van der Waals surface area contributed by atoms with Crippen molar-refractivity contribution in [2.24, 2.45) is 0 Å². The van der Waals surface area contributed by atoms with Crippen LogP contribution < -0.4 is 10.6 Å². The molecule has 1 saturated heterocycles. The molecule has 2 heteroatoms. The van der Waals surface area contributed by atoms with Crippen LogP contribution in [0.4, 0.5) is 0 Å². The molecule has 1 saturated carbocycles. The van der Waals surface area contributed by atoms with Crippen molar-refractivity contribution >= 4 is 0 Å². The summed E-state index contributed by atoms with van der Waals surface area (Å²) in [7, 11) is 0. The van der Waals surface area contributed by atoms with Gasteiger partial charge >= 0.3 is 0 Å². The highest BCUT2D eigenvalue weighted by molar-refractivity contribution is 5.27. The summed E-state index contributed by atoms with van der Waals surface area (Å²) in [6.45, 7) is 3.56. The zero-order chi connectivity index (χ0) is 13.1. The number of hydrogen-bond donors (Lipinski definition) is 2. The van der Waals surface area contributed by atoms with Gasteiger partial charge in [0, 0.05) is 24.0 Å². The Labute approximate surface area is 117 Å². The molecule has 1 aliphatic carbocycles. The molecule has 2 N–H and O–H groups in total. The number of rotatable bonds is 5. The lowest BCUT2D eigenvalue weighted by molar-refractivity contribution is 0.343. The van der Waals surface area contributed by atoms with Crippen LogP contribution in [0.25, 0.3) is 0 Å². The van der Waals surface area contributed by atoms with E-state index >= 15 is 0 Å². The minimum Gasteiger partial charge on any atom is -0.314 e. The third kappa shape index (κ3) is 3.58. The Hall–Kier alpha value is -0.860. The van der Waals surface area contributed by atoms with E-state index < -0.39 is 0 Å². The highest BCUT2D eigenvalue weighted by Crippen LogP contribution is 2.41. The Morgan fingerprint density at radius 3 is 2.84 bits per heavy atom. The summed E-state index contributed by atoms with van der Waals surface area (Å²) in [5.74, 6) is 0.753. The van der Waals surface area contributed by atoms with Crippen LogP contribution in [0.5, 0.6) is 0 Å². The minimum absolute atomic E-state index is 0.634. The van der Waals surface area contributed by atoms with E-state index in [2.05, 4.69) is 47.9 Å². The van der Waals surface area contributed by atoms with Crippen LogP contribution >= 0.6 is 0 Å². The number of benzene rings is 1. The molecular weight excluding hydrogens is 232 g/mol. The molecular formula is C17H26N2. The molecule has 4 unspecified atom stereocenters. The van der Waals surface area contributed by atoms with Gasteiger partial charge in [-0.1, -0.05) is 36.8 Å². The van der Waals surface area contributed by atoms with Crippen LogP contribution in [-0.2, 0) is 0 Å². The van der Waals surface area contributed by atoms with Crippen molar-refractivity contribution in [2.75, 3.05) is 6.54 Å². The predicted molar refractivity (Wildman–Crippen MR) is 80.4 cm³/mol. The highest BCUT2D eigenvalue weighted by Gasteiger charge is 2.38. The average Bonchev–Trinajstić information content (AvgIpc) is 3.20. The van der Waals surface area contributed by atoms with Gasteiger partial charge in [0.25, 0.3) is 0 Å². The van der Waals surface area contributed by atoms with Crippen molar-refractivity contribution in [3.05, 3.63) is 35.9 Å². The minimum atomic E-state index is 0.634. The van der Waals surface area contributed by atoms with E-state index in [4.69, 9.17) is 0 Å². The van der Waals surface area contributed by atoms with E-state index in [9.17, 15) is 0 Å². The summed E-state index contributed by atoms with van der Waals surface area (Å²) < 4.78 is 0. The van der Waals surface area contributed by atoms with Gasteiger partial charge in [0.1, 0.15) is 0 Å². The first kappa shape index (κ1) is 13.1. The van der Waals surface area contributed by atoms with Gasteiger partial charge in [0.2, 0.25) is 0 Å². The standard InChI is InChI=1S/C17H26N2/c1-13(11-15-9-5-6-10-18-15)19-17-12-16(17)14-7-3-2-4-8-14/h2-4,7-8,13,15-19H,5-6,9-12H2,1H3. The molecule has 0 aromatic heterocycles. The van der Waals surface area contributed by atoms with E-state index in [0.29, 0.717) is 12.1 Å². The maximum Gasteiger partial charge on any atom is 0.0145 e. The molecule has 2 aliphatic rings. The van der Waals surface area contributed by atoms with Gasteiger partial charge in [-0.15, -0.1) is 0 Å². The van der Waals surface area contributed by atoms with Crippen molar-refractivity contribution in [3.8, 4) is 0 Å². The van der Waals surface area contributed by atoms with E-state index in [1.807, 2.05) is 0 Å². The monoisotopic (exact) mass is 258 g/mol. The lowest BCUT2D eigenvalue weighted by Crippen LogP contribution is -2.40. The fourth-order valence-corrected chi connectivity index (χ4v) is 3.43. The molecule has 0 spiro atoms. The first-order chi connectivity index (χ1) is 9.33. The van der Waals surface area contributed by atoms with Crippen LogP contribution in [0.15, 0.2) is 30.3 Å². The molecule has 0 radical (unpaired) electrons. The van der Waals surface area contributed by atoms with Gasteiger partial charge in [-0.3, -0.25) is 0 Å². The summed E-state index contributed by atoms with van der Waals surface area (Å²) in [6.07, 6.45) is 6.71. The summed E-state index contributed by atoms with van der Waals surface area (Å²) in [5.41, 5.74) is 1.50. The highest BCUT2D eigenvalue weighted by atomic mass is 15.0. The fraction of sp³-hybridized carbons (Fsp3) is 0.647. The van der Waals surface area contributed by atoms with Crippen molar-refractivity contribution in [1.29, 1.82) is 0 Å². The molecule has 0 amide bonds. The van der Waals surface area contributed by atoms with Crippen LogP contribution in [0, 0.1) is 0 Å². The molecule has 19 heavy (non-hydrogen) atoms. The van der Waals surface area contributed by atoms with Gasteiger partial charge < -0.3 is 10.6 Å². The first-order valence-corrected chi connectivity index (χ1v) is 7.87. The molecule has 2 fully saturated rings. The molecule has 1 aromatic carbocycles. The second-order valence-electron chi connectivity index (χ2n) is 6.31. The van der Waals surface area contributed by atoms with Gasteiger partial charge in [-0.25, -0.2) is 0 Å². The molecule has 0 bridgehead atoms. The zero-order valence-corrected chi connectivity index (χ0v) is 11.9. The molecule has 1 heterocycles. The third-order valence-corrected chi connectivity index (χ3v) is 4.57. The Morgan fingerprint density at radius 2 is 2.11 bits per heavy atom. The lowest BCUT2D eigenvalue weighted by Gasteiger charge is -2.26. The third-order valence-electron chi connectivity index (χ3n) is 4.57. The smallest absolute Gasteiger partial charge is 0.0145 e. The van der Waals surface area contributed by atoms with E-state index in [1.165, 1.54) is 44.2 Å². The topological polar surface area (TPSA) is 24.1 Å². The molecule has 1 aliphatic heterocycles.